The molecule has 2 aliphatic rings. The predicted octanol–water partition coefficient (Wildman–Crippen LogP) is 4.73. The number of benzene rings is 2. The summed E-state index contributed by atoms with van der Waals surface area (Å²) in [7, 11) is 0. The molecule has 5 heteroatoms. The van der Waals surface area contributed by atoms with E-state index >= 15 is 0 Å². The molecule has 4 rings (SSSR count). The van der Waals surface area contributed by atoms with Crippen molar-refractivity contribution in [2.45, 2.75) is 33.1 Å². The van der Waals surface area contributed by atoms with E-state index in [0.717, 1.165) is 49.0 Å². The molecule has 2 amide bonds. The summed E-state index contributed by atoms with van der Waals surface area (Å²) in [5.74, 6) is -0.493. The van der Waals surface area contributed by atoms with Gasteiger partial charge in [0.05, 0.1) is 11.3 Å². The SMILES string of the molecule is Cc1ccc(C)c(N2C(=O)C(c3ccc(Cl)cc3)=C(N3CCCCC3)C2=O)c1. The largest absolute Gasteiger partial charge is 0.366 e. The number of carbonyl (C=O) groups is 2. The summed E-state index contributed by atoms with van der Waals surface area (Å²) in [6, 6.07) is 13.0. The number of rotatable bonds is 3. The molecule has 0 aromatic heterocycles. The number of amides is 2. The maximum Gasteiger partial charge on any atom is 0.282 e. The number of carbonyl (C=O) groups excluding carboxylic acids is 2. The molecule has 28 heavy (non-hydrogen) atoms. The fourth-order valence-corrected chi connectivity index (χ4v) is 4.11. The minimum absolute atomic E-state index is 0.231. The van der Waals surface area contributed by atoms with Crippen LogP contribution >= 0.6 is 11.6 Å². The Morgan fingerprint density at radius 2 is 1.54 bits per heavy atom. The first-order chi connectivity index (χ1) is 13.5. The Kier molecular flexibility index (Phi) is 4.98. The molecule has 2 aliphatic heterocycles. The molecule has 0 bridgehead atoms. The molecule has 0 aliphatic carbocycles. The summed E-state index contributed by atoms with van der Waals surface area (Å²) in [5.41, 5.74) is 4.31. The molecular formula is C23H23ClN2O2. The van der Waals surface area contributed by atoms with E-state index in [2.05, 4.69) is 4.90 Å². The highest BCUT2D eigenvalue weighted by molar-refractivity contribution is 6.45. The number of likely N-dealkylation sites (tertiary alicyclic amines) is 1. The predicted molar refractivity (Wildman–Crippen MR) is 112 cm³/mol. The van der Waals surface area contributed by atoms with Crippen LogP contribution in [0, 0.1) is 13.8 Å². The summed E-state index contributed by atoms with van der Waals surface area (Å²) >= 11 is 6.04. The normalized spacial score (nSPS) is 17.7. The van der Waals surface area contributed by atoms with Crippen LogP contribution < -0.4 is 4.90 Å². The van der Waals surface area contributed by atoms with Gasteiger partial charge in [0.1, 0.15) is 5.70 Å². The summed E-state index contributed by atoms with van der Waals surface area (Å²) in [6.07, 6.45) is 3.22. The first kappa shape index (κ1) is 18.8. The van der Waals surface area contributed by atoms with Gasteiger partial charge in [-0.3, -0.25) is 9.59 Å². The maximum atomic E-state index is 13.5. The number of hydrogen-bond acceptors (Lipinski definition) is 3. The van der Waals surface area contributed by atoms with Crippen molar-refractivity contribution in [1.29, 1.82) is 0 Å². The van der Waals surface area contributed by atoms with Crippen molar-refractivity contribution in [3.05, 3.63) is 69.9 Å². The van der Waals surface area contributed by atoms with Crippen molar-refractivity contribution in [1.82, 2.24) is 4.90 Å². The van der Waals surface area contributed by atoms with E-state index in [0.29, 0.717) is 22.0 Å². The summed E-state index contributed by atoms with van der Waals surface area (Å²) in [6.45, 7) is 5.49. The van der Waals surface area contributed by atoms with E-state index in [-0.39, 0.29) is 11.8 Å². The molecular weight excluding hydrogens is 372 g/mol. The van der Waals surface area contributed by atoms with Gasteiger partial charge in [0.15, 0.2) is 0 Å². The highest BCUT2D eigenvalue weighted by atomic mass is 35.5. The molecule has 0 radical (unpaired) electrons. The van der Waals surface area contributed by atoms with Gasteiger partial charge in [0.2, 0.25) is 0 Å². The van der Waals surface area contributed by atoms with E-state index in [1.807, 2.05) is 44.2 Å². The smallest absolute Gasteiger partial charge is 0.282 e. The van der Waals surface area contributed by atoms with E-state index in [1.54, 1.807) is 12.1 Å². The molecule has 0 atom stereocenters. The Bertz CT molecular complexity index is 973. The Labute approximate surface area is 170 Å². The second-order valence-electron chi connectivity index (χ2n) is 7.51. The van der Waals surface area contributed by atoms with Gasteiger partial charge < -0.3 is 4.90 Å². The molecule has 2 heterocycles. The maximum absolute atomic E-state index is 13.5. The molecule has 1 fully saturated rings. The number of piperidine rings is 1. The third kappa shape index (κ3) is 3.22. The van der Waals surface area contributed by atoms with Crippen molar-refractivity contribution in [3.8, 4) is 0 Å². The molecule has 2 aromatic rings. The van der Waals surface area contributed by atoms with Gasteiger partial charge in [-0.2, -0.15) is 0 Å². The Hall–Kier alpha value is -2.59. The van der Waals surface area contributed by atoms with Crippen molar-refractivity contribution < 1.29 is 9.59 Å². The average molecular weight is 395 g/mol. The van der Waals surface area contributed by atoms with Gasteiger partial charge in [0.25, 0.3) is 11.8 Å². The zero-order chi connectivity index (χ0) is 19.8. The Morgan fingerprint density at radius 1 is 0.857 bits per heavy atom. The summed E-state index contributed by atoms with van der Waals surface area (Å²) < 4.78 is 0. The molecule has 144 valence electrons. The zero-order valence-electron chi connectivity index (χ0n) is 16.2. The van der Waals surface area contributed by atoms with E-state index in [1.165, 1.54) is 4.90 Å². The highest BCUT2D eigenvalue weighted by Crippen LogP contribution is 2.37. The first-order valence-electron chi connectivity index (χ1n) is 9.68. The molecule has 0 saturated carbocycles. The van der Waals surface area contributed by atoms with Crippen LogP contribution in [-0.4, -0.2) is 29.8 Å². The lowest BCUT2D eigenvalue weighted by atomic mass is 10.0. The van der Waals surface area contributed by atoms with E-state index in [9.17, 15) is 9.59 Å². The van der Waals surface area contributed by atoms with Crippen LogP contribution in [0.3, 0.4) is 0 Å². The molecule has 0 spiro atoms. The highest BCUT2D eigenvalue weighted by Gasteiger charge is 2.43. The zero-order valence-corrected chi connectivity index (χ0v) is 16.9. The number of hydrogen-bond donors (Lipinski definition) is 0. The number of aryl methyl sites for hydroxylation is 2. The number of halogens is 1. The summed E-state index contributed by atoms with van der Waals surface area (Å²) in [4.78, 5) is 30.4. The number of imide groups is 1. The second-order valence-corrected chi connectivity index (χ2v) is 7.95. The quantitative estimate of drug-likeness (QED) is 0.707. The van der Waals surface area contributed by atoms with Crippen molar-refractivity contribution in [3.63, 3.8) is 0 Å². The lowest BCUT2D eigenvalue weighted by molar-refractivity contribution is -0.120. The van der Waals surface area contributed by atoms with Gasteiger partial charge in [-0.15, -0.1) is 0 Å². The average Bonchev–Trinajstić information content (AvgIpc) is 2.95. The lowest BCUT2D eigenvalue weighted by Gasteiger charge is -2.29. The van der Waals surface area contributed by atoms with Crippen LogP contribution in [0.2, 0.25) is 5.02 Å². The topological polar surface area (TPSA) is 40.6 Å². The van der Waals surface area contributed by atoms with Crippen molar-refractivity contribution in [2.75, 3.05) is 18.0 Å². The van der Waals surface area contributed by atoms with Gasteiger partial charge in [-0.25, -0.2) is 4.90 Å². The molecule has 0 unspecified atom stereocenters. The molecule has 1 saturated heterocycles. The number of nitrogens with zero attached hydrogens (tertiary/aromatic N) is 2. The number of anilines is 1. The Balaban J connectivity index is 1.85. The van der Waals surface area contributed by atoms with Gasteiger partial charge in [-0.05, 0) is 68.0 Å². The lowest BCUT2D eigenvalue weighted by Crippen LogP contribution is -2.37. The first-order valence-corrected chi connectivity index (χ1v) is 10.1. The van der Waals surface area contributed by atoms with Crippen LogP contribution in [0.4, 0.5) is 5.69 Å². The standard InChI is InChI=1S/C23H23ClN2O2/c1-15-6-7-16(2)19(14-15)26-22(27)20(17-8-10-18(24)11-9-17)21(23(26)28)25-12-4-3-5-13-25/h6-11,14H,3-5,12-13H2,1-2H3. The van der Waals surface area contributed by atoms with E-state index in [4.69, 9.17) is 11.6 Å². The molecule has 0 N–H and O–H groups in total. The van der Waals surface area contributed by atoms with Crippen LogP contribution in [0.5, 0.6) is 0 Å². The second kappa shape index (κ2) is 7.44. The summed E-state index contributed by atoms with van der Waals surface area (Å²) in [5, 5.41) is 0.604. The Morgan fingerprint density at radius 3 is 2.21 bits per heavy atom. The third-order valence-electron chi connectivity index (χ3n) is 5.47. The van der Waals surface area contributed by atoms with Gasteiger partial charge in [0, 0.05) is 18.1 Å². The monoisotopic (exact) mass is 394 g/mol. The van der Waals surface area contributed by atoms with Crippen LogP contribution in [0.1, 0.15) is 36.0 Å². The van der Waals surface area contributed by atoms with Crippen molar-refractivity contribution >= 4 is 34.7 Å². The minimum atomic E-state index is -0.262. The van der Waals surface area contributed by atoms with Crippen LogP contribution in [-0.2, 0) is 9.59 Å². The van der Waals surface area contributed by atoms with Gasteiger partial charge in [-0.1, -0.05) is 35.9 Å². The molecule has 4 nitrogen and oxygen atoms in total. The van der Waals surface area contributed by atoms with E-state index < -0.39 is 0 Å². The van der Waals surface area contributed by atoms with Crippen molar-refractivity contribution in [2.24, 2.45) is 0 Å². The van der Waals surface area contributed by atoms with Crippen LogP contribution in [0.25, 0.3) is 5.57 Å². The van der Waals surface area contributed by atoms with Crippen LogP contribution in [0.15, 0.2) is 48.2 Å². The van der Waals surface area contributed by atoms with Gasteiger partial charge >= 0.3 is 0 Å². The minimum Gasteiger partial charge on any atom is -0.366 e. The fraction of sp³-hybridized carbons (Fsp3) is 0.304. The fourth-order valence-electron chi connectivity index (χ4n) is 3.98. The third-order valence-corrected chi connectivity index (χ3v) is 5.72. The molecule has 2 aromatic carbocycles.